The van der Waals surface area contributed by atoms with Crippen LogP contribution in [-0.2, 0) is 51.5 Å². The topological polar surface area (TPSA) is 187 Å². The molecule has 0 aliphatic rings. The van der Waals surface area contributed by atoms with E-state index in [1.54, 1.807) is 74.5 Å². The molecule has 0 aliphatic heterocycles. The Morgan fingerprint density at radius 3 is 1.29 bits per heavy atom. The molecule has 0 aliphatic carbocycles. The lowest BCUT2D eigenvalue weighted by molar-refractivity contribution is -0.162. The molecule has 2 aromatic carbocycles. The number of amides is 4. The van der Waals surface area contributed by atoms with E-state index in [1.165, 1.54) is 0 Å². The van der Waals surface area contributed by atoms with Gasteiger partial charge >= 0.3 is 24.1 Å². The molecular formula is C28H34N4O10. The highest BCUT2D eigenvalue weighted by molar-refractivity contribution is 5.96. The lowest BCUT2D eigenvalue weighted by Crippen LogP contribution is -2.63. The molecule has 0 saturated heterocycles. The van der Waals surface area contributed by atoms with Gasteiger partial charge in [0.25, 0.3) is 11.8 Å². The van der Waals surface area contributed by atoms with Gasteiger partial charge in [-0.05, 0) is 24.0 Å². The number of alkyl carbamates (subject to hydrolysis) is 2. The maximum Gasteiger partial charge on any atom is 0.408 e. The standard InChI is InChI=1S/C28H34N4O10/c1-3-11-21(33)41-31-25(35)23(29-27(37)39-17-19-13-7-5-8-14-19)24(26(36)32-42-22(34)12-4-2)30-28(38)40-18-20-15-9-6-10-16-20/h5-10,13-16,23-24H,3-4,11-12,17-18H2,1-2H3,(H,29,37)(H,30,38)(H,31,35)(H,32,36)/t23-,24-/m0/s1. The molecule has 2 atom stereocenters. The fraction of sp³-hybridized carbons (Fsp3) is 0.357. The van der Waals surface area contributed by atoms with E-state index < -0.39 is 48.0 Å². The van der Waals surface area contributed by atoms with Gasteiger partial charge in [-0.3, -0.25) is 9.59 Å². The highest BCUT2D eigenvalue weighted by atomic mass is 16.7. The maximum atomic E-state index is 13.1. The molecule has 0 saturated carbocycles. The molecule has 0 bridgehead atoms. The second-order valence-corrected chi connectivity index (χ2v) is 8.75. The van der Waals surface area contributed by atoms with Crippen LogP contribution in [0.15, 0.2) is 60.7 Å². The van der Waals surface area contributed by atoms with E-state index in [9.17, 15) is 28.8 Å². The quantitative estimate of drug-likeness (QED) is 0.200. The van der Waals surface area contributed by atoms with Gasteiger partial charge in [0.2, 0.25) is 0 Å². The molecular weight excluding hydrogens is 552 g/mol. The van der Waals surface area contributed by atoms with Crippen molar-refractivity contribution in [3.05, 3.63) is 71.8 Å². The molecule has 4 amide bonds. The molecule has 2 rings (SSSR count). The Balaban J connectivity index is 2.25. The number of carbonyl (C=O) groups excluding carboxylic acids is 6. The summed E-state index contributed by atoms with van der Waals surface area (Å²) in [5.41, 5.74) is 4.97. The van der Waals surface area contributed by atoms with Crippen LogP contribution in [0.1, 0.15) is 50.7 Å². The first kappa shape index (κ1) is 33.1. The third-order valence-corrected chi connectivity index (χ3v) is 5.31. The Kier molecular flexibility index (Phi) is 14.4. The Labute approximate surface area is 242 Å². The zero-order chi connectivity index (χ0) is 30.7. The predicted molar refractivity (Wildman–Crippen MR) is 145 cm³/mol. The van der Waals surface area contributed by atoms with Crippen molar-refractivity contribution in [2.75, 3.05) is 0 Å². The Bertz CT molecular complexity index is 1100. The Morgan fingerprint density at radius 2 is 0.952 bits per heavy atom. The van der Waals surface area contributed by atoms with E-state index >= 15 is 0 Å². The van der Waals surface area contributed by atoms with Crippen molar-refractivity contribution in [2.24, 2.45) is 0 Å². The molecule has 226 valence electrons. The van der Waals surface area contributed by atoms with Gasteiger partial charge in [0.05, 0.1) is 0 Å². The van der Waals surface area contributed by atoms with Gasteiger partial charge in [-0.25, -0.2) is 19.2 Å². The summed E-state index contributed by atoms with van der Waals surface area (Å²) < 4.78 is 10.3. The van der Waals surface area contributed by atoms with Gasteiger partial charge in [-0.15, -0.1) is 0 Å². The minimum absolute atomic E-state index is 0.0289. The van der Waals surface area contributed by atoms with E-state index in [0.29, 0.717) is 24.0 Å². The zero-order valence-electron chi connectivity index (χ0n) is 23.3. The van der Waals surface area contributed by atoms with Gasteiger partial charge in [0, 0.05) is 12.8 Å². The van der Waals surface area contributed by atoms with Gasteiger partial charge in [-0.2, -0.15) is 11.0 Å². The Hall–Kier alpha value is -5.14. The number of nitrogens with one attached hydrogen (secondary N) is 4. The highest BCUT2D eigenvalue weighted by Gasteiger charge is 2.38. The summed E-state index contributed by atoms with van der Waals surface area (Å²) in [6.45, 7) is 3.04. The minimum Gasteiger partial charge on any atom is -0.445 e. The minimum atomic E-state index is -1.93. The average Bonchev–Trinajstić information content (AvgIpc) is 2.99. The van der Waals surface area contributed by atoms with Gasteiger partial charge in [0.15, 0.2) is 0 Å². The second-order valence-electron chi connectivity index (χ2n) is 8.75. The first-order valence-corrected chi connectivity index (χ1v) is 13.2. The molecule has 14 heteroatoms. The van der Waals surface area contributed by atoms with Crippen molar-refractivity contribution in [1.82, 2.24) is 21.6 Å². The largest absolute Gasteiger partial charge is 0.445 e. The van der Waals surface area contributed by atoms with Gasteiger partial charge < -0.3 is 29.8 Å². The third-order valence-electron chi connectivity index (χ3n) is 5.31. The summed E-state index contributed by atoms with van der Waals surface area (Å²) >= 11 is 0. The van der Waals surface area contributed by atoms with E-state index in [0.717, 1.165) is 0 Å². The average molecular weight is 587 g/mol. The lowest BCUT2D eigenvalue weighted by atomic mass is 10.1. The van der Waals surface area contributed by atoms with Crippen molar-refractivity contribution >= 4 is 35.9 Å². The molecule has 42 heavy (non-hydrogen) atoms. The maximum absolute atomic E-state index is 13.1. The third kappa shape index (κ3) is 12.4. The van der Waals surface area contributed by atoms with Gasteiger partial charge in [-0.1, -0.05) is 74.5 Å². The first-order chi connectivity index (χ1) is 20.2. The normalized spacial score (nSPS) is 11.6. The summed E-state index contributed by atoms with van der Waals surface area (Å²) in [4.78, 5) is 84.5. The van der Waals surface area contributed by atoms with Crippen LogP contribution in [0, 0.1) is 0 Å². The van der Waals surface area contributed by atoms with E-state index in [2.05, 4.69) is 10.6 Å². The zero-order valence-corrected chi connectivity index (χ0v) is 23.3. The molecule has 0 spiro atoms. The summed E-state index contributed by atoms with van der Waals surface area (Å²) in [7, 11) is 0. The molecule has 2 aromatic rings. The van der Waals surface area contributed by atoms with Crippen LogP contribution in [0.2, 0.25) is 0 Å². The van der Waals surface area contributed by atoms with Crippen LogP contribution in [0.4, 0.5) is 9.59 Å². The summed E-state index contributed by atoms with van der Waals surface area (Å²) in [6, 6.07) is 13.3. The van der Waals surface area contributed by atoms with Crippen molar-refractivity contribution in [3.63, 3.8) is 0 Å². The smallest absolute Gasteiger partial charge is 0.408 e. The molecule has 4 N–H and O–H groups in total. The van der Waals surface area contributed by atoms with Crippen LogP contribution in [0.5, 0.6) is 0 Å². The first-order valence-electron chi connectivity index (χ1n) is 13.2. The summed E-state index contributed by atoms with van der Waals surface area (Å²) in [5.74, 6) is -4.00. The molecule has 14 nitrogen and oxygen atoms in total. The van der Waals surface area contributed by atoms with Crippen LogP contribution in [0.3, 0.4) is 0 Å². The van der Waals surface area contributed by atoms with Crippen molar-refractivity contribution < 1.29 is 47.9 Å². The van der Waals surface area contributed by atoms with E-state index in [1.807, 2.05) is 11.0 Å². The SMILES string of the molecule is CCCC(=O)ONC(=O)[C@@H](NC(=O)OCc1ccccc1)[C@H](NC(=O)OCc1ccccc1)C(=O)NOC(=O)CCC. The lowest BCUT2D eigenvalue weighted by Gasteiger charge is -2.26. The highest BCUT2D eigenvalue weighted by Crippen LogP contribution is 2.05. The monoisotopic (exact) mass is 586 g/mol. The fourth-order valence-electron chi connectivity index (χ4n) is 3.24. The fourth-order valence-corrected chi connectivity index (χ4v) is 3.24. The molecule has 0 aromatic heterocycles. The number of hydrogen-bond donors (Lipinski definition) is 4. The number of carbonyl (C=O) groups is 6. The summed E-state index contributed by atoms with van der Waals surface area (Å²) in [6.07, 6.45) is -1.52. The Morgan fingerprint density at radius 1 is 0.595 bits per heavy atom. The van der Waals surface area contributed by atoms with Crippen LogP contribution >= 0.6 is 0 Å². The van der Waals surface area contributed by atoms with Crippen molar-refractivity contribution in [2.45, 2.75) is 64.8 Å². The van der Waals surface area contributed by atoms with E-state index in [4.69, 9.17) is 19.1 Å². The van der Waals surface area contributed by atoms with Crippen LogP contribution in [-0.4, -0.2) is 48.0 Å². The number of benzene rings is 2. The molecule has 0 heterocycles. The summed E-state index contributed by atoms with van der Waals surface area (Å²) in [5, 5.41) is 4.36. The second kappa shape index (κ2) is 18.3. The molecule has 0 fully saturated rings. The predicted octanol–water partition coefficient (Wildman–Crippen LogP) is 2.33. The van der Waals surface area contributed by atoms with E-state index in [-0.39, 0.29) is 26.1 Å². The number of hydroxylamine groups is 2. The number of rotatable bonds is 13. The molecule has 0 radical (unpaired) electrons. The van der Waals surface area contributed by atoms with Gasteiger partial charge in [0.1, 0.15) is 25.3 Å². The molecule has 0 unspecified atom stereocenters. The van der Waals surface area contributed by atoms with Crippen molar-refractivity contribution in [1.29, 1.82) is 0 Å². The van der Waals surface area contributed by atoms with Crippen molar-refractivity contribution in [3.8, 4) is 0 Å². The number of hydrogen-bond acceptors (Lipinski definition) is 10. The number of ether oxygens (including phenoxy) is 2. The van der Waals surface area contributed by atoms with Crippen LogP contribution in [0.25, 0.3) is 0 Å². The van der Waals surface area contributed by atoms with Crippen LogP contribution < -0.4 is 21.6 Å².